The number of benzene rings is 3. The number of carbonyl (C=O) groups excluding carboxylic acids is 1. The lowest BCUT2D eigenvalue weighted by Gasteiger charge is -2.28. The van der Waals surface area contributed by atoms with Crippen molar-refractivity contribution in [2.75, 3.05) is 0 Å². The van der Waals surface area contributed by atoms with E-state index < -0.39 is 0 Å². The van der Waals surface area contributed by atoms with Crippen molar-refractivity contribution in [2.45, 2.75) is 44.9 Å². The van der Waals surface area contributed by atoms with Crippen molar-refractivity contribution in [1.82, 2.24) is 15.2 Å². The summed E-state index contributed by atoms with van der Waals surface area (Å²) in [6.07, 6.45) is 3.52. The van der Waals surface area contributed by atoms with Crippen molar-refractivity contribution in [3.8, 4) is 11.5 Å². The summed E-state index contributed by atoms with van der Waals surface area (Å²) in [5, 5.41) is 2.96. The van der Waals surface area contributed by atoms with E-state index in [-0.39, 0.29) is 18.0 Å². The Kier molecular flexibility index (Phi) is 6.91. The van der Waals surface area contributed by atoms with Gasteiger partial charge in [0.2, 0.25) is 5.89 Å². The molecule has 5 rings (SSSR count). The lowest BCUT2D eigenvalue weighted by molar-refractivity contribution is 0.0946. The van der Waals surface area contributed by atoms with E-state index in [0.29, 0.717) is 24.7 Å². The molecule has 0 radical (unpaired) electrons. The maximum absolute atomic E-state index is 12.4. The van der Waals surface area contributed by atoms with Crippen LogP contribution in [0.3, 0.4) is 0 Å². The van der Waals surface area contributed by atoms with Crippen LogP contribution in [0.1, 0.15) is 53.3 Å². The second kappa shape index (κ2) is 10.6. The monoisotopic (exact) mass is 467 g/mol. The summed E-state index contributed by atoms with van der Waals surface area (Å²) in [7, 11) is 0. The number of nitrogens with one attached hydrogen (secondary N) is 1. The molecule has 0 unspecified atom stereocenters. The van der Waals surface area contributed by atoms with Gasteiger partial charge in [-0.05, 0) is 55.2 Å². The van der Waals surface area contributed by atoms with Crippen LogP contribution in [0.2, 0.25) is 0 Å². The first-order chi connectivity index (χ1) is 17.1. The molecule has 1 aliphatic carbocycles. The van der Waals surface area contributed by atoms with Crippen molar-refractivity contribution in [3.63, 3.8) is 0 Å². The zero-order valence-corrected chi connectivity index (χ0v) is 19.8. The molecule has 1 N–H and O–H groups in total. The van der Waals surface area contributed by atoms with Gasteiger partial charge < -0.3 is 14.5 Å². The van der Waals surface area contributed by atoms with Crippen molar-refractivity contribution in [3.05, 3.63) is 114 Å². The minimum absolute atomic E-state index is 0.102. The Bertz CT molecular complexity index is 1250. The van der Waals surface area contributed by atoms with Gasteiger partial charge in [-0.25, -0.2) is 4.98 Å². The fourth-order valence-corrected chi connectivity index (χ4v) is 3.99. The quantitative estimate of drug-likeness (QED) is 0.304. The number of rotatable bonds is 10. The molecule has 6 heteroatoms. The summed E-state index contributed by atoms with van der Waals surface area (Å²) in [5.41, 5.74) is 2.64. The molecular formula is C29H29N3O3. The van der Waals surface area contributed by atoms with Crippen molar-refractivity contribution in [2.24, 2.45) is 0 Å². The fourth-order valence-electron chi connectivity index (χ4n) is 3.99. The molecule has 0 bridgehead atoms. The van der Waals surface area contributed by atoms with Crippen LogP contribution in [-0.2, 0) is 13.1 Å². The molecule has 4 aromatic rings. The van der Waals surface area contributed by atoms with E-state index in [2.05, 4.69) is 46.4 Å². The van der Waals surface area contributed by atoms with Crippen LogP contribution in [0.4, 0.5) is 0 Å². The molecule has 1 amide bonds. The normalized spacial score (nSPS) is 14.0. The zero-order valence-electron chi connectivity index (χ0n) is 19.8. The largest absolute Gasteiger partial charge is 0.457 e. The van der Waals surface area contributed by atoms with E-state index in [4.69, 9.17) is 9.15 Å². The number of hydrogen-bond acceptors (Lipinski definition) is 5. The number of para-hydroxylation sites is 1. The van der Waals surface area contributed by atoms with Crippen molar-refractivity contribution in [1.29, 1.82) is 0 Å². The Morgan fingerprint density at radius 3 is 2.46 bits per heavy atom. The third kappa shape index (κ3) is 6.16. The first-order valence-corrected chi connectivity index (χ1v) is 12.0. The average Bonchev–Trinajstić information content (AvgIpc) is 3.58. The summed E-state index contributed by atoms with van der Waals surface area (Å²) in [4.78, 5) is 19.1. The average molecular weight is 468 g/mol. The molecule has 1 aliphatic rings. The zero-order chi connectivity index (χ0) is 24.0. The highest BCUT2D eigenvalue weighted by Crippen LogP contribution is 2.27. The molecule has 1 atom stereocenters. The highest BCUT2D eigenvalue weighted by molar-refractivity contribution is 5.92. The second-order valence-electron chi connectivity index (χ2n) is 8.93. The van der Waals surface area contributed by atoms with E-state index in [0.717, 1.165) is 29.9 Å². The van der Waals surface area contributed by atoms with Crippen LogP contribution in [0.25, 0.3) is 0 Å². The maximum atomic E-state index is 12.4. The van der Waals surface area contributed by atoms with E-state index in [9.17, 15) is 4.79 Å². The smallest absolute Gasteiger partial charge is 0.273 e. The highest BCUT2D eigenvalue weighted by Gasteiger charge is 2.26. The third-order valence-corrected chi connectivity index (χ3v) is 6.13. The van der Waals surface area contributed by atoms with Gasteiger partial charge in [-0.3, -0.25) is 9.69 Å². The Labute approximate surface area is 205 Å². The van der Waals surface area contributed by atoms with Gasteiger partial charge in [0, 0.05) is 18.6 Å². The molecule has 1 aromatic heterocycles. The van der Waals surface area contributed by atoms with Crippen molar-refractivity contribution < 1.29 is 13.9 Å². The van der Waals surface area contributed by atoms with Crippen LogP contribution in [0, 0.1) is 0 Å². The molecular weight excluding hydrogens is 438 g/mol. The number of hydrogen-bond donors (Lipinski definition) is 1. The first-order valence-electron chi connectivity index (χ1n) is 12.0. The molecule has 0 aliphatic heterocycles. The molecule has 1 fully saturated rings. The van der Waals surface area contributed by atoms with E-state index in [1.807, 2.05) is 60.7 Å². The molecule has 0 spiro atoms. The Morgan fingerprint density at radius 1 is 1.00 bits per heavy atom. The van der Waals surface area contributed by atoms with Gasteiger partial charge in [0.15, 0.2) is 5.69 Å². The van der Waals surface area contributed by atoms with E-state index in [1.165, 1.54) is 11.8 Å². The van der Waals surface area contributed by atoms with Crippen LogP contribution in [0.15, 0.2) is 95.6 Å². The molecule has 6 nitrogen and oxygen atoms in total. The van der Waals surface area contributed by atoms with Gasteiger partial charge in [0.25, 0.3) is 5.91 Å². The number of aromatic nitrogens is 1. The van der Waals surface area contributed by atoms with Crippen LogP contribution in [-0.4, -0.2) is 21.8 Å². The number of amides is 1. The maximum Gasteiger partial charge on any atom is 0.273 e. The molecule has 0 saturated heterocycles. The van der Waals surface area contributed by atoms with E-state index >= 15 is 0 Å². The summed E-state index contributed by atoms with van der Waals surface area (Å²) in [6.45, 7) is 3.30. The van der Waals surface area contributed by atoms with Crippen LogP contribution >= 0.6 is 0 Å². The second-order valence-corrected chi connectivity index (χ2v) is 8.93. The van der Waals surface area contributed by atoms with Gasteiger partial charge in [0.1, 0.15) is 17.8 Å². The number of nitrogens with zero attached hydrogens (tertiary/aromatic N) is 2. The van der Waals surface area contributed by atoms with E-state index in [1.54, 1.807) is 0 Å². The highest BCUT2D eigenvalue weighted by atomic mass is 16.5. The Balaban J connectivity index is 1.34. The summed E-state index contributed by atoms with van der Waals surface area (Å²) >= 11 is 0. The number of ether oxygens (including phenoxy) is 1. The van der Waals surface area contributed by atoms with Gasteiger partial charge >= 0.3 is 0 Å². The summed E-state index contributed by atoms with van der Waals surface area (Å²) in [6, 6.07) is 28.6. The summed E-state index contributed by atoms with van der Waals surface area (Å²) in [5.74, 6) is 1.94. The SMILES string of the molecule is C[C@H](c1ccccc1)N(Cc1cccc(Oc2ccccc2)c1)Cc1nc(C(=O)NC2CC2)co1. The predicted molar refractivity (Wildman–Crippen MR) is 134 cm³/mol. The van der Waals surface area contributed by atoms with Gasteiger partial charge in [-0.1, -0.05) is 60.7 Å². The number of carbonyl (C=O) groups is 1. The van der Waals surface area contributed by atoms with Gasteiger partial charge in [-0.2, -0.15) is 0 Å². The molecule has 178 valence electrons. The minimum atomic E-state index is -0.170. The molecule has 35 heavy (non-hydrogen) atoms. The first kappa shape index (κ1) is 22.9. The lowest BCUT2D eigenvalue weighted by atomic mass is 10.1. The molecule has 1 heterocycles. The topological polar surface area (TPSA) is 67.6 Å². The summed E-state index contributed by atoms with van der Waals surface area (Å²) < 4.78 is 11.7. The van der Waals surface area contributed by atoms with Crippen molar-refractivity contribution >= 4 is 5.91 Å². The van der Waals surface area contributed by atoms with Crippen LogP contribution in [0.5, 0.6) is 11.5 Å². The Morgan fingerprint density at radius 2 is 1.71 bits per heavy atom. The number of oxazole rings is 1. The van der Waals surface area contributed by atoms with Crippen LogP contribution < -0.4 is 10.1 Å². The Hall–Kier alpha value is -3.90. The fraction of sp³-hybridized carbons (Fsp3) is 0.241. The third-order valence-electron chi connectivity index (χ3n) is 6.13. The van der Waals surface area contributed by atoms with Gasteiger partial charge in [-0.15, -0.1) is 0 Å². The minimum Gasteiger partial charge on any atom is -0.457 e. The molecule has 3 aromatic carbocycles. The standard InChI is InChI=1S/C29H29N3O3/c1-21(23-10-4-2-5-11-23)32(19-28-31-27(20-34-28)29(33)30-24-15-16-24)18-22-9-8-14-26(17-22)35-25-12-6-3-7-13-25/h2-14,17,20-21,24H,15-16,18-19H2,1H3,(H,30,33)/t21-/m1/s1. The predicted octanol–water partition coefficient (Wildman–Crippen LogP) is 6.12. The lowest BCUT2D eigenvalue weighted by Crippen LogP contribution is -2.27. The van der Waals surface area contributed by atoms with Gasteiger partial charge in [0.05, 0.1) is 6.54 Å². The molecule has 1 saturated carbocycles.